The maximum absolute atomic E-state index is 13.8. The third kappa shape index (κ3) is 5.85. The third-order valence-electron chi connectivity index (χ3n) is 8.03. The standard InChI is InChI=1S/C31H33N9O4/c1-2-40-28-25(19-37-40)27(38-22-3-5-23(41)6-4-22)24(18-34-28)26-15-31(44-39-26,29(42)35-16-20-7-11-32-12-8-20)30(43)36-17-21-9-13-33-14-10-21/h7-14,18-19,22H,2-6,15-17H2,1H3,(H,34,38)(H,35,42)(H,36,43). The molecule has 0 spiro atoms. The van der Waals surface area contributed by atoms with Crippen LogP contribution in [0.25, 0.3) is 11.0 Å². The first-order chi connectivity index (χ1) is 21.5. The summed E-state index contributed by atoms with van der Waals surface area (Å²) in [6.07, 6.45) is 12.3. The molecule has 44 heavy (non-hydrogen) atoms. The number of hydrogen-bond donors (Lipinski definition) is 3. The number of nitrogens with one attached hydrogen (secondary N) is 3. The van der Waals surface area contributed by atoms with Gasteiger partial charge < -0.3 is 20.8 Å². The maximum Gasteiger partial charge on any atom is 0.297 e. The van der Waals surface area contributed by atoms with Gasteiger partial charge in [0.25, 0.3) is 17.4 Å². The number of Topliss-reactive ketones (excluding diaryl/α,β-unsaturated/α-hetero) is 1. The number of aromatic nitrogens is 5. The number of ketones is 1. The van der Waals surface area contributed by atoms with E-state index in [9.17, 15) is 14.4 Å². The van der Waals surface area contributed by atoms with Gasteiger partial charge in [-0.2, -0.15) is 5.10 Å². The first-order valence-electron chi connectivity index (χ1n) is 14.7. The van der Waals surface area contributed by atoms with E-state index in [2.05, 4.69) is 41.2 Å². The summed E-state index contributed by atoms with van der Waals surface area (Å²) in [5.74, 6) is -0.974. The SMILES string of the molecule is CCn1ncc2c(NC3CCC(=O)CC3)c(C3=NOC(C(=O)NCc4ccncc4)(C(=O)NCc4ccncc4)C3)cnc21. The average Bonchev–Trinajstić information content (AvgIpc) is 3.71. The average molecular weight is 596 g/mol. The second kappa shape index (κ2) is 12.6. The third-order valence-corrected chi connectivity index (χ3v) is 8.03. The molecule has 0 bridgehead atoms. The van der Waals surface area contributed by atoms with Gasteiger partial charge in [-0.15, -0.1) is 0 Å². The van der Waals surface area contributed by atoms with Crippen molar-refractivity contribution < 1.29 is 19.2 Å². The zero-order valence-electron chi connectivity index (χ0n) is 24.3. The van der Waals surface area contributed by atoms with E-state index >= 15 is 0 Å². The molecule has 6 rings (SSSR count). The summed E-state index contributed by atoms with van der Waals surface area (Å²) < 4.78 is 1.80. The van der Waals surface area contributed by atoms with E-state index in [1.807, 2.05) is 6.92 Å². The number of oxime groups is 1. The molecule has 13 nitrogen and oxygen atoms in total. The lowest BCUT2D eigenvalue weighted by Crippen LogP contribution is -2.57. The molecule has 226 valence electrons. The number of carbonyl (C=O) groups is 3. The Balaban J connectivity index is 1.31. The summed E-state index contributed by atoms with van der Waals surface area (Å²) in [5, 5.41) is 18.9. The van der Waals surface area contributed by atoms with Crippen LogP contribution in [0.15, 0.2) is 66.6 Å². The molecule has 0 unspecified atom stereocenters. The molecular formula is C31H33N9O4. The van der Waals surface area contributed by atoms with Crippen LogP contribution >= 0.6 is 0 Å². The molecule has 2 amide bonds. The highest BCUT2D eigenvalue weighted by atomic mass is 16.7. The largest absolute Gasteiger partial charge is 0.381 e. The Bertz CT molecular complexity index is 1640. The Morgan fingerprint density at radius 1 is 0.955 bits per heavy atom. The predicted octanol–water partition coefficient (Wildman–Crippen LogP) is 2.66. The topological polar surface area (TPSA) is 165 Å². The van der Waals surface area contributed by atoms with Crippen molar-refractivity contribution in [3.05, 3.63) is 78.1 Å². The molecule has 1 saturated carbocycles. The first kappa shape index (κ1) is 28.9. The van der Waals surface area contributed by atoms with Gasteiger partial charge in [-0.25, -0.2) is 9.67 Å². The minimum Gasteiger partial charge on any atom is -0.381 e. The van der Waals surface area contributed by atoms with Crippen LogP contribution in [0.5, 0.6) is 0 Å². The summed E-state index contributed by atoms with van der Waals surface area (Å²) in [5.41, 5.74) is 2.13. The molecule has 2 aliphatic rings. The van der Waals surface area contributed by atoms with Gasteiger partial charge in [0, 0.05) is 75.1 Å². The quantitative estimate of drug-likeness (QED) is 0.234. The molecule has 0 radical (unpaired) electrons. The zero-order valence-corrected chi connectivity index (χ0v) is 24.3. The van der Waals surface area contributed by atoms with Crippen LogP contribution in [0, 0.1) is 0 Å². The minimum absolute atomic E-state index is 0.0574. The van der Waals surface area contributed by atoms with Crippen LogP contribution < -0.4 is 16.0 Å². The highest BCUT2D eigenvalue weighted by Gasteiger charge is 2.54. The molecule has 0 atom stereocenters. The number of hydrogen-bond acceptors (Lipinski definition) is 10. The van der Waals surface area contributed by atoms with Gasteiger partial charge in [-0.3, -0.25) is 24.4 Å². The molecule has 3 N–H and O–H groups in total. The Morgan fingerprint density at radius 2 is 1.57 bits per heavy atom. The minimum atomic E-state index is -1.95. The molecule has 1 aliphatic heterocycles. The highest BCUT2D eigenvalue weighted by molar-refractivity contribution is 6.18. The molecule has 4 aromatic heterocycles. The monoisotopic (exact) mass is 595 g/mol. The van der Waals surface area contributed by atoms with E-state index in [-0.39, 0.29) is 31.3 Å². The van der Waals surface area contributed by atoms with Gasteiger partial charge >= 0.3 is 0 Å². The van der Waals surface area contributed by atoms with Crippen molar-refractivity contribution in [3.63, 3.8) is 0 Å². The summed E-state index contributed by atoms with van der Waals surface area (Å²) in [6, 6.07) is 7.18. The summed E-state index contributed by atoms with van der Waals surface area (Å²) >= 11 is 0. The lowest BCUT2D eigenvalue weighted by molar-refractivity contribution is -0.158. The van der Waals surface area contributed by atoms with Crippen LogP contribution in [0.1, 0.15) is 55.7 Å². The number of pyridine rings is 3. The predicted molar refractivity (Wildman–Crippen MR) is 161 cm³/mol. The fourth-order valence-electron chi connectivity index (χ4n) is 5.50. The normalized spacial score (nSPS) is 16.3. The van der Waals surface area contributed by atoms with Crippen LogP contribution in [0.4, 0.5) is 5.69 Å². The van der Waals surface area contributed by atoms with Crippen molar-refractivity contribution in [3.8, 4) is 0 Å². The maximum atomic E-state index is 13.8. The number of carbonyl (C=O) groups excluding carboxylic acids is 3. The van der Waals surface area contributed by atoms with Gasteiger partial charge in [0.05, 0.1) is 29.4 Å². The Kier molecular flexibility index (Phi) is 8.26. The summed E-state index contributed by atoms with van der Waals surface area (Å²) in [6.45, 7) is 2.97. The number of fused-ring (bicyclic) bond motifs is 1. The van der Waals surface area contributed by atoms with E-state index in [0.717, 1.165) is 22.2 Å². The van der Waals surface area contributed by atoms with E-state index < -0.39 is 17.4 Å². The van der Waals surface area contributed by atoms with Crippen molar-refractivity contribution in [1.82, 2.24) is 35.4 Å². The van der Waals surface area contributed by atoms with E-state index in [1.165, 1.54) is 0 Å². The molecule has 13 heteroatoms. The lowest BCUT2D eigenvalue weighted by Gasteiger charge is -2.26. The number of anilines is 1. The summed E-state index contributed by atoms with van der Waals surface area (Å²) in [7, 11) is 0. The van der Waals surface area contributed by atoms with Gasteiger partial charge in [-0.05, 0) is 55.2 Å². The zero-order chi connectivity index (χ0) is 30.5. The fraction of sp³-hybridized carbons (Fsp3) is 0.355. The number of nitrogens with zero attached hydrogens (tertiary/aromatic N) is 6. The van der Waals surface area contributed by atoms with Crippen LogP contribution in [-0.4, -0.2) is 59.7 Å². The van der Waals surface area contributed by atoms with Crippen LogP contribution in [0.2, 0.25) is 0 Å². The molecular weight excluding hydrogens is 562 g/mol. The molecule has 0 aromatic carbocycles. The molecule has 1 aliphatic carbocycles. The number of rotatable bonds is 10. The highest BCUT2D eigenvalue weighted by Crippen LogP contribution is 2.35. The van der Waals surface area contributed by atoms with Gasteiger partial charge in [0.2, 0.25) is 0 Å². The molecule has 4 aromatic rings. The number of aryl methyl sites for hydroxylation is 1. The second-order valence-electron chi connectivity index (χ2n) is 10.9. The van der Waals surface area contributed by atoms with Crippen molar-refractivity contribution >= 4 is 40.0 Å². The molecule has 1 fully saturated rings. The van der Waals surface area contributed by atoms with Crippen molar-refractivity contribution in [1.29, 1.82) is 0 Å². The number of amides is 2. The van der Waals surface area contributed by atoms with Gasteiger partial charge in [0.1, 0.15) is 5.78 Å². The lowest BCUT2D eigenvalue weighted by atomic mass is 9.90. The smallest absolute Gasteiger partial charge is 0.297 e. The summed E-state index contributed by atoms with van der Waals surface area (Å²) in [4.78, 5) is 58.0. The molecule has 5 heterocycles. The fourth-order valence-corrected chi connectivity index (χ4v) is 5.50. The van der Waals surface area contributed by atoms with Crippen molar-refractivity contribution in [2.24, 2.45) is 5.16 Å². The van der Waals surface area contributed by atoms with Gasteiger partial charge in [-0.1, -0.05) is 5.16 Å². The van der Waals surface area contributed by atoms with E-state index in [0.29, 0.717) is 49.2 Å². The first-order valence-corrected chi connectivity index (χ1v) is 14.7. The van der Waals surface area contributed by atoms with E-state index in [4.69, 9.17) is 4.84 Å². The van der Waals surface area contributed by atoms with Crippen molar-refractivity contribution in [2.45, 2.75) is 70.3 Å². The van der Waals surface area contributed by atoms with Gasteiger partial charge in [0.15, 0.2) is 5.65 Å². The van der Waals surface area contributed by atoms with Crippen LogP contribution in [0.3, 0.4) is 0 Å². The molecule has 0 saturated heterocycles. The van der Waals surface area contributed by atoms with Crippen LogP contribution in [-0.2, 0) is 38.9 Å². The Labute approximate surface area is 253 Å². The van der Waals surface area contributed by atoms with E-state index in [1.54, 1.807) is 66.1 Å². The van der Waals surface area contributed by atoms with Crippen molar-refractivity contribution in [2.75, 3.05) is 5.32 Å². The second-order valence-corrected chi connectivity index (χ2v) is 10.9. The Hall–Kier alpha value is -5.20. The Morgan fingerprint density at radius 3 is 2.16 bits per heavy atom.